The van der Waals surface area contributed by atoms with Crippen LogP contribution in [-0.2, 0) is 0 Å². The van der Waals surface area contributed by atoms with Gasteiger partial charge < -0.3 is 0 Å². The summed E-state index contributed by atoms with van der Waals surface area (Å²) in [7, 11) is -6.99. The van der Waals surface area contributed by atoms with Gasteiger partial charge in [0, 0.05) is 32.3 Å². The van der Waals surface area contributed by atoms with Gasteiger partial charge in [0.1, 0.15) is 0 Å². The molecular formula is C29H57NSi5. The van der Waals surface area contributed by atoms with Crippen LogP contribution < -0.4 is 0 Å². The average molecular weight is 560 g/mol. The van der Waals surface area contributed by atoms with Crippen molar-refractivity contribution in [3.05, 3.63) is 29.3 Å². The van der Waals surface area contributed by atoms with Crippen LogP contribution in [0.25, 0.3) is 0 Å². The van der Waals surface area contributed by atoms with Crippen LogP contribution in [0.5, 0.6) is 0 Å². The van der Waals surface area contributed by atoms with Crippen LogP contribution in [0.4, 0.5) is 5.69 Å². The summed E-state index contributed by atoms with van der Waals surface area (Å²) < 4.78 is 1.05. The number of para-hydroxylation sites is 1. The number of benzene rings is 1. The second-order valence-electron chi connectivity index (χ2n) is 16.0. The van der Waals surface area contributed by atoms with Gasteiger partial charge in [-0.3, -0.25) is 0 Å². The van der Waals surface area contributed by atoms with E-state index in [1.807, 2.05) is 0 Å². The predicted molar refractivity (Wildman–Crippen MR) is 175 cm³/mol. The van der Waals surface area contributed by atoms with Crippen LogP contribution in [0.15, 0.2) is 23.2 Å². The molecule has 1 aliphatic heterocycles. The quantitative estimate of drug-likeness (QED) is 0.233. The maximum atomic E-state index is 5.56. The molecule has 1 fully saturated rings. The van der Waals surface area contributed by atoms with E-state index in [0.29, 0.717) is 20.4 Å². The Morgan fingerprint density at radius 2 is 0.971 bits per heavy atom. The van der Waals surface area contributed by atoms with Gasteiger partial charge in [-0.05, 0) is 31.5 Å². The summed E-state index contributed by atoms with van der Waals surface area (Å²) in [5.41, 5.74) is 8.32. The van der Waals surface area contributed by atoms with Gasteiger partial charge in [0.25, 0.3) is 0 Å². The SMILES string of the molecule is CC(C)c1cccc(C(C)C)c1N=C=[Si]1C([Si](C)(C)C)([Si](C)(C)C)CCC1([Si](C)(C)C)[Si](C)(C)C. The average Bonchev–Trinajstić information content (AvgIpc) is 3.03. The molecule has 2 rings (SSSR count). The maximum Gasteiger partial charge on any atom is 0.0938 e. The molecule has 0 unspecified atom stereocenters. The fourth-order valence-electron chi connectivity index (χ4n) is 8.18. The van der Waals surface area contributed by atoms with Gasteiger partial charge >= 0.3 is 0 Å². The van der Waals surface area contributed by atoms with E-state index in [1.165, 1.54) is 29.7 Å². The number of hydrogen-bond acceptors (Lipinski definition) is 1. The van der Waals surface area contributed by atoms with Crippen molar-refractivity contribution in [3.63, 3.8) is 0 Å². The highest BCUT2D eigenvalue weighted by Crippen LogP contribution is 2.68. The van der Waals surface area contributed by atoms with Crippen molar-refractivity contribution in [1.82, 2.24) is 0 Å². The van der Waals surface area contributed by atoms with Gasteiger partial charge in [0.2, 0.25) is 0 Å². The van der Waals surface area contributed by atoms with Crippen molar-refractivity contribution < 1.29 is 0 Å². The van der Waals surface area contributed by atoms with Crippen molar-refractivity contribution in [1.29, 1.82) is 0 Å². The fraction of sp³-hybridized carbons (Fsp3) is 0.759. The van der Waals surface area contributed by atoms with Crippen molar-refractivity contribution in [2.45, 2.75) is 140 Å². The highest BCUT2D eigenvalue weighted by Gasteiger charge is 2.70. The molecule has 1 nitrogen and oxygen atoms in total. The number of aliphatic imine (C=N–C) groups is 1. The van der Waals surface area contributed by atoms with E-state index in [9.17, 15) is 0 Å². The van der Waals surface area contributed by atoms with Gasteiger partial charge in [-0.2, -0.15) is 0 Å². The van der Waals surface area contributed by atoms with Crippen LogP contribution in [0, 0.1) is 0 Å². The van der Waals surface area contributed by atoms with Crippen LogP contribution in [0.2, 0.25) is 87.1 Å². The number of hydrogen-bond donors (Lipinski definition) is 0. The summed E-state index contributed by atoms with van der Waals surface area (Å²) in [6.07, 6.45) is 2.90. The second kappa shape index (κ2) is 9.88. The summed E-state index contributed by atoms with van der Waals surface area (Å²) in [6.45, 7) is 41.7. The van der Waals surface area contributed by atoms with Crippen molar-refractivity contribution >= 4 is 51.9 Å². The molecule has 0 amide bonds. The maximum absolute atomic E-state index is 5.56. The molecule has 0 aromatic heterocycles. The lowest BCUT2D eigenvalue weighted by Crippen LogP contribution is -2.65. The molecule has 1 aromatic rings. The van der Waals surface area contributed by atoms with Gasteiger partial charge in [0.05, 0.1) is 14.1 Å². The highest BCUT2D eigenvalue weighted by atomic mass is 28.5. The first-order valence-electron chi connectivity index (χ1n) is 14.0. The van der Waals surface area contributed by atoms with Gasteiger partial charge in [-0.15, -0.1) is 0 Å². The minimum absolute atomic E-state index is 0.479. The molecule has 1 saturated heterocycles. The van der Waals surface area contributed by atoms with Gasteiger partial charge in [-0.1, -0.05) is 143 Å². The Morgan fingerprint density at radius 3 is 1.23 bits per heavy atom. The molecule has 6 heteroatoms. The molecule has 0 atom stereocenters. The molecular weight excluding hydrogens is 503 g/mol. The molecule has 0 saturated carbocycles. The first kappa shape index (κ1) is 31.1. The van der Waals surface area contributed by atoms with Crippen LogP contribution >= 0.6 is 0 Å². The molecule has 0 N–H and O–H groups in total. The molecule has 0 spiro atoms. The Bertz CT molecular complexity index is 892. The molecule has 0 aliphatic carbocycles. The fourth-order valence-corrected chi connectivity index (χ4v) is 48.5. The Labute approximate surface area is 224 Å². The molecule has 198 valence electrons. The normalized spacial score (nSPS) is 18.9. The van der Waals surface area contributed by atoms with E-state index in [1.54, 1.807) is 0 Å². The van der Waals surface area contributed by atoms with E-state index < -0.39 is 40.7 Å². The van der Waals surface area contributed by atoms with Crippen molar-refractivity contribution in [2.75, 3.05) is 0 Å². The summed E-state index contributed by atoms with van der Waals surface area (Å²) in [5, 5.41) is 0. The zero-order valence-corrected chi connectivity index (χ0v) is 31.2. The Balaban J connectivity index is 3.18. The van der Waals surface area contributed by atoms with E-state index in [0.717, 1.165) is 0 Å². The zero-order chi connectivity index (χ0) is 27.4. The molecule has 35 heavy (non-hydrogen) atoms. The van der Waals surface area contributed by atoms with Crippen molar-refractivity contribution in [3.8, 4) is 0 Å². The molecule has 1 aliphatic rings. The first-order chi connectivity index (χ1) is 15.6. The summed E-state index contributed by atoms with van der Waals surface area (Å²) in [6, 6.07) is 6.88. The third kappa shape index (κ3) is 5.14. The number of nitrogens with zero attached hydrogens (tertiary/aromatic N) is 1. The predicted octanol–water partition coefficient (Wildman–Crippen LogP) is 10.3. The summed E-state index contributed by atoms with van der Waals surface area (Å²) in [4.78, 5) is 5.56. The third-order valence-electron chi connectivity index (χ3n) is 9.47. The van der Waals surface area contributed by atoms with Gasteiger partial charge in [0.15, 0.2) is 0 Å². The molecule has 0 radical (unpaired) electrons. The molecule has 1 heterocycles. The lowest BCUT2D eigenvalue weighted by molar-refractivity contribution is 0.763. The topological polar surface area (TPSA) is 12.4 Å². The largest absolute Gasteiger partial charge is 0.214 e. The monoisotopic (exact) mass is 559 g/mol. The minimum atomic E-state index is -1.50. The van der Waals surface area contributed by atoms with Crippen LogP contribution in [-0.4, -0.2) is 46.2 Å². The van der Waals surface area contributed by atoms with E-state index in [4.69, 9.17) is 4.99 Å². The second-order valence-corrected chi connectivity index (χ2v) is 43.1. The lowest BCUT2D eigenvalue weighted by atomic mass is 9.93. The van der Waals surface area contributed by atoms with Crippen LogP contribution in [0.3, 0.4) is 0 Å². The lowest BCUT2D eigenvalue weighted by Gasteiger charge is -2.56. The van der Waals surface area contributed by atoms with Gasteiger partial charge in [-0.25, -0.2) is 4.99 Å². The Hall–Kier alpha value is -0.116. The van der Waals surface area contributed by atoms with E-state index in [2.05, 4.69) is 130 Å². The highest BCUT2D eigenvalue weighted by molar-refractivity contribution is 7.21. The smallest absolute Gasteiger partial charge is 0.0938 e. The van der Waals surface area contributed by atoms with Crippen LogP contribution in [0.1, 0.15) is 63.5 Å². The Morgan fingerprint density at radius 1 is 0.657 bits per heavy atom. The Kier molecular flexibility index (Phi) is 8.78. The molecule has 1 aromatic carbocycles. The minimum Gasteiger partial charge on any atom is -0.214 e. The van der Waals surface area contributed by atoms with E-state index >= 15 is 0 Å². The standard InChI is InChI=1S/C29H57NSi5/c1-23(2)25-18-17-19-26(24(3)4)27(25)30-22-31-28(32(5,6)7,33(8,9)10)20-21-29(31,34(11,12)13)35(14,15)16/h17-19,23-24H,20-21H2,1-16H3. The molecule has 0 bridgehead atoms. The zero-order valence-electron chi connectivity index (χ0n) is 26.2. The van der Waals surface area contributed by atoms with Crippen molar-refractivity contribution in [2.24, 2.45) is 4.99 Å². The number of rotatable bonds is 7. The summed E-state index contributed by atoms with van der Waals surface area (Å²) >= 11 is 0. The first-order valence-corrected chi connectivity index (χ1v) is 29.5. The third-order valence-corrected chi connectivity index (χ3v) is 44.3. The summed E-state index contributed by atoms with van der Waals surface area (Å²) in [5.74, 6) is 0.958. The van der Waals surface area contributed by atoms with E-state index in [-0.39, 0.29) is 0 Å².